The lowest BCUT2D eigenvalue weighted by atomic mass is 10.1. The summed E-state index contributed by atoms with van der Waals surface area (Å²) < 4.78 is 7.54. The minimum atomic E-state index is -0.503. The fourth-order valence-corrected chi connectivity index (χ4v) is 2.36. The predicted octanol–water partition coefficient (Wildman–Crippen LogP) is 2.35. The number of rotatable bonds is 4. The van der Waals surface area contributed by atoms with Crippen LogP contribution < -0.4 is 10.1 Å². The summed E-state index contributed by atoms with van der Waals surface area (Å²) in [5, 5.41) is 7.42. The first kappa shape index (κ1) is 12.7. The first-order valence-electron chi connectivity index (χ1n) is 6.85. The summed E-state index contributed by atoms with van der Waals surface area (Å²) in [6.07, 6.45) is 2.10. The van der Waals surface area contributed by atoms with Gasteiger partial charge in [0.25, 0.3) is 0 Å². The van der Waals surface area contributed by atoms with Crippen molar-refractivity contribution >= 4 is 11.5 Å². The Balaban J connectivity index is 1.80. The smallest absolute Gasteiger partial charge is 0.223 e. The van der Waals surface area contributed by atoms with Gasteiger partial charge in [-0.25, -0.2) is 0 Å². The van der Waals surface area contributed by atoms with Crippen molar-refractivity contribution in [1.82, 2.24) is 9.78 Å². The highest BCUT2D eigenvalue weighted by Gasteiger charge is 2.28. The Kier molecular flexibility index (Phi) is 3.41. The van der Waals surface area contributed by atoms with Gasteiger partial charge in [-0.1, -0.05) is 19.1 Å². The number of hydrogen-bond acceptors (Lipinski definition) is 4. The number of carbonyl (C=O) groups is 1. The average Bonchev–Trinajstić information content (AvgIpc) is 2.94. The molecule has 1 unspecified atom stereocenters. The Labute approximate surface area is 117 Å². The van der Waals surface area contributed by atoms with E-state index in [-0.39, 0.29) is 5.78 Å². The number of ether oxygens (including phenoxy) is 1. The quantitative estimate of drug-likeness (QED) is 0.867. The number of benzene rings is 1. The van der Waals surface area contributed by atoms with Crippen LogP contribution in [0.3, 0.4) is 0 Å². The summed E-state index contributed by atoms with van der Waals surface area (Å²) in [6, 6.07) is 9.40. The van der Waals surface area contributed by atoms with Crippen molar-refractivity contribution in [2.75, 3.05) is 11.9 Å². The predicted molar refractivity (Wildman–Crippen MR) is 76.2 cm³/mol. The van der Waals surface area contributed by atoms with Gasteiger partial charge in [-0.2, -0.15) is 5.10 Å². The van der Waals surface area contributed by atoms with Crippen molar-refractivity contribution in [3.05, 3.63) is 42.2 Å². The molecule has 1 N–H and O–H groups in total. The first-order chi connectivity index (χ1) is 9.79. The van der Waals surface area contributed by atoms with Crippen LogP contribution in [0.15, 0.2) is 36.5 Å². The third kappa shape index (κ3) is 2.27. The fraction of sp³-hybridized carbons (Fsp3) is 0.333. The van der Waals surface area contributed by atoms with Gasteiger partial charge in [0.1, 0.15) is 11.4 Å². The number of carbonyl (C=O) groups excluding carboxylic acids is 1. The molecule has 5 nitrogen and oxygen atoms in total. The van der Waals surface area contributed by atoms with Crippen LogP contribution in [0.5, 0.6) is 5.75 Å². The summed E-state index contributed by atoms with van der Waals surface area (Å²) in [6.45, 7) is 3.28. The average molecular weight is 271 g/mol. The molecular formula is C15H17N3O2. The van der Waals surface area contributed by atoms with E-state index < -0.39 is 6.10 Å². The number of aromatic nitrogens is 2. The molecule has 0 spiro atoms. The molecule has 1 aromatic carbocycles. The maximum atomic E-state index is 12.5. The molecule has 0 amide bonds. The summed E-state index contributed by atoms with van der Waals surface area (Å²) in [7, 11) is 0. The molecular weight excluding hydrogens is 254 g/mol. The SMILES string of the molecule is CCCn1nccc1C(=O)C1CNc2ccccc2O1. The Morgan fingerprint density at radius 1 is 1.45 bits per heavy atom. The van der Waals surface area contributed by atoms with Crippen LogP contribution in [0, 0.1) is 0 Å². The van der Waals surface area contributed by atoms with Crippen molar-refractivity contribution in [3.8, 4) is 5.75 Å². The molecule has 0 aliphatic carbocycles. The van der Waals surface area contributed by atoms with Gasteiger partial charge >= 0.3 is 0 Å². The Hall–Kier alpha value is -2.30. The molecule has 1 aromatic heterocycles. The Morgan fingerprint density at radius 3 is 3.15 bits per heavy atom. The number of hydrogen-bond donors (Lipinski definition) is 1. The van der Waals surface area contributed by atoms with Crippen LogP contribution in [0.25, 0.3) is 0 Å². The van der Waals surface area contributed by atoms with Crippen LogP contribution >= 0.6 is 0 Å². The molecule has 0 saturated carbocycles. The highest BCUT2D eigenvalue weighted by atomic mass is 16.5. The largest absolute Gasteiger partial charge is 0.478 e. The highest BCUT2D eigenvalue weighted by molar-refractivity contribution is 5.99. The molecule has 2 aromatic rings. The van der Waals surface area contributed by atoms with Crippen LogP contribution in [-0.4, -0.2) is 28.2 Å². The fourth-order valence-electron chi connectivity index (χ4n) is 2.36. The maximum absolute atomic E-state index is 12.5. The van der Waals surface area contributed by atoms with Gasteiger partial charge in [0, 0.05) is 12.7 Å². The van der Waals surface area contributed by atoms with Gasteiger partial charge in [-0.15, -0.1) is 0 Å². The van der Waals surface area contributed by atoms with Crippen molar-refractivity contribution in [2.45, 2.75) is 26.0 Å². The molecule has 0 saturated heterocycles. The van der Waals surface area contributed by atoms with E-state index >= 15 is 0 Å². The van der Waals surface area contributed by atoms with E-state index in [9.17, 15) is 4.79 Å². The van der Waals surface area contributed by atoms with E-state index in [4.69, 9.17) is 4.74 Å². The second kappa shape index (κ2) is 5.36. The lowest BCUT2D eigenvalue weighted by Gasteiger charge is -2.26. The molecule has 5 heteroatoms. The number of para-hydroxylation sites is 2. The Morgan fingerprint density at radius 2 is 2.30 bits per heavy atom. The van der Waals surface area contributed by atoms with Crippen LogP contribution in [0.1, 0.15) is 23.8 Å². The molecule has 1 aliphatic rings. The number of Topliss-reactive ketones (excluding diaryl/α,β-unsaturated/α-hetero) is 1. The zero-order valence-electron chi connectivity index (χ0n) is 11.4. The van der Waals surface area contributed by atoms with E-state index in [0.29, 0.717) is 12.2 Å². The van der Waals surface area contributed by atoms with E-state index in [0.717, 1.165) is 24.4 Å². The van der Waals surface area contributed by atoms with E-state index in [1.807, 2.05) is 24.3 Å². The minimum absolute atomic E-state index is 0.0297. The van der Waals surface area contributed by atoms with Gasteiger partial charge in [-0.3, -0.25) is 9.48 Å². The summed E-state index contributed by atoms with van der Waals surface area (Å²) in [5.74, 6) is 0.691. The van der Waals surface area contributed by atoms with Gasteiger partial charge in [0.2, 0.25) is 5.78 Å². The monoisotopic (exact) mass is 271 g/mol. The zero-order valence-corrected chi connectivity index (χ0v) is 11.4. The summed E-state index contributed by atoms with van der Waals surface area (Å²) in [5.41, 5.74) is 1.54. The number of aryl methyl sites for hydroxylation is 1. The third-order valence-electron chi connectivity index (χ3n) is 3.33. The highest BCUT2D eigenvalue weighted by Crippen LogP contribution is 2.29. The molecule has 1 aliphatic heterocycles. The molecule has 0 fully saturated rings. The van der Waals surface area contributed by atoms with Gasteiger partial charge in [0.05, 0.1) is 12.2 Å². The second-order valence-electron chi connectivity index (χ2n) is 4.79. The normalized spacial score (nSPS) is 16.9. The molecule has 1 atom stereocenters. The maximum Gasteiger partial charge on any atom is 0.223 e. The lowest BCUT2D eigenvalue weighted by molar-refractivity contribution is 0.0790. The van der Waals surface area contributed by atoms with Crippen LogP contribution in [-0.2, 0) is 6.54 Å². The van der Waals surface area contributed by atoms with E-state index in [1.165, 1.54) is 0 Å². The number of anilines is 1. The molecule has 0 radical (unpaired) electrons. The summed E-state index contributed by atoms with van der Waals surface area (Å²) in [4.78, 5) is 12.5. The first-order valence-corrected chi connectivity index (χ1v) is 6.85. The Bertz CT molecular complexity index is 621. The number of ketones is 1. The molecule has 2 heterocycles. The van der Waals surface area contributed by atoms with Crippen molar-refractivity contribution in [1.29, 1.82) is 0 Å². The third-order valence-corrected chi connectivity index (χ3v) is 3.33. The van der Waals surface area contributed by atoms with Gasteiger partial charge in [-0.05, 0) is 24.6 Å². The van der Waals surface area contributed by atoms with Crippen molar-refractivity contribution in [3.63, 3.8) is 0 Å². The topological polar surface area (TPSA) is 56.2 Å². The van der Waals surface area contributed by atoms with Gasteiger partial charge in [0.15, 0.2) is 6.10 Å². The number of nitrogens with one attached hydrogen (secondary N) is 1. The van der Waals surface area contributed by atoms with Crippen molar-refractivity contribution < 1.29 is 9.53 Å². The molecule has 20 heavy (non-hydrogen) atoms. The lowest BCUT2D eigenvalue weighted by Crippen LogP contribution is -2.38. The van der Waals surface area contributed by atoms with Gasteiger partial charge < -0.3 is 10.1 Å². The number of nitrogens with zero attached hydrogens (tertiary/aromatic N) is 2. The van der Waals surface area contributed by atoms with Crippen molar-refractivity contribution in [2.24, 2.45) is 0 Å². The minimum Gasteiger partial charge on any atom is -0.478 e. The molecule has 0 bridgehead atoms. The summed E-state index contributed by atoms with van der Waals surface area (Å²) >= 11 is 0. The second-order valence-corrected chi connectivity index (χ2v) is 4.79. The van der Waals surface area contributed by atoms with Crippen LogP contribution in [0.2, 0.25) is 0 Å². The van der Waals surface area contributed by atoms with E-state index in [2.05, 4.69) is 17.3 Å². The molecule has 3 rings (SSSR count). The van der Waals surface area contributed by atoms with Crippen LogP contribution in [0.4, 0.5) is 5.69 Å². The zero-order chi connectivity index (χ0) is 13.9. The van der Waals surface area contributed by atoms with E-state index in [1.54, 1.807) is 16.9 Å². The standard InChI is InChI=1S/C15H17N3O2/c1-2-9-18-12(7-8-17-18)15(19)14-10-16-11-5-3-4-6-13(11)20-14/h3-8,14,16H,2,9-10H2,1H3. The number of fused-ring (bicyclic) bond motifs is 1. The molecule has 104 valence electrons.